The zero-order valence-electron chi connectivity index (χ0n) is 13.3. The summed E-state index contributed by atoms with van der Waals surface area (Å²) in [5.74, 6) is 0.922. The van der Waals surface area contributed by atoms with Crippen LogP contribution in [0, 0.1) is 10.1 Å². The van der Waals surface area contributed by atoms with Crippen molar-refractivity contribution in [1.82, 2.24) is 9.97 Å². The van der Waals surface area contributed by atoms with Crippen molar-refractivity contribution in [2.24, 2.45) is 0 Å². The first-order valence-corrected chi connectivity index (χ1v) is 8.56. The van der Waals surface area contributed by atoms with Gasteiger partial charge in [0.15, 0.2) is 0 Å². The molecule has 0 radical (unpaired) electrons. The van der Waals surface area contributed by atoms with Gasteiger partial charge in [-0.1, -0.05) is 0 Å². The van der Waals surface area contributed by atoms with E-state index in [1.807, 2.05) is 0 Å². The zero-order valence-corrected chi connectivity index (χ0v) is 15.6. The summed E-state index contributed by atoms with van der Waals surface area (Å²) in [7, 11) is 0. The topological polar surface area (TPSA) is 81.4 Å². The smallest absolute Gasteiger partial charge is 0.269 e. The standard InChI is InChI=1S/C17H12BrClN4O3/c18-15-7-6-14(10-16(15)22(19)17-20-8-1-9-21-17)26-11-12-2-4-13(5-3-12)23(24)25/h1-10H,11H2. The number of nitro benzene ring substituents is 1. The Balaban J connectivity index is 1.74. The van der Waals surface area contributed by atoms with Crippen LogP contribution in [0.3, 0.4) is 0 Å². The van der Waals surface area contributed by atoms with Crippen molar-refractivity contribution in [3.05, 3.63) is 81.1 Å². The maximum atomic E-state index is 10.7. The fraction of sp³-hybridized carbons (Fsp3) is 0.0588. The predicted molar refractivity (Wildman–Crippen MR) is 102 cm³/mol. The monoisotopic (exact) mass is 434 g/mol. The predicted octanol–water partition coefficient (Wildman–Crippen LogP) is 5.02. The average molecular weight is 436 g/mol. The number of nitrogens with zero attached hydrogens (tertiary/aromatic N) is 4. The fourth-order valence-electron chi connectivity index (χ4n) is 2.11. The van der Waals surface area contributed by atoms with E-state index in [9.17, 15) is 10.1 Å². The van der Waals surface area contributed by atoms with Gasteiger partial charge in [-0.2, -0.15) is 0 Å². The molecule has 132 valence electrons. The van der Waals surface area contributed by atoms with E-state index in [1.165, 1.54) is 16.6 Å². The Bertz CT molecular complexity index is 910. The van der Waals surface area contributed by atoms with E-state index in [1.54, 1.807) is 48.8 Å². The molecule has 7 nitrogen and oxygen atoms in total. The molecule has 1 aromatic heterocycles. The molecule has 3 aromatic rings. The number of hydrogen-bond donors (Lipinski definition) is 0. The second-order valence-corrected chi connectivity index (χ2v) is 6.35. The van der Waals surface area contributed by atoms with Crippen LogP contribution >= 0.6 is 27.7 Å². The van der Waals surface area contributed by atoms with Gasteiger partial charge >= 0.3 is 0 Å². The lowest BCUT2D eigenvalue weighted by Gasteiger charge is -2.16. The molecule has 0 unspecified atom stereocenters. The van der Waals surface area contributed by atoms with Crippen molar-refractivity contribution in [3.8, 4) is 5.75 Å². The Morgan fingerprint density at radius 3 is 2.50 bits per heavy atom. The molecule has 0 saturated carbocycles. The molecule has 0 N–H and O–H groups in total. The molecule has 0 aliphatic heterocycles. The first-order chi connectivity index (χ1) is 12.5. The van der Waals surface area contributed by atoms with Crippen LogP contribution in [0.15, 0.2) is 65.4 Å². The van der Waals surface area contributed by atoms with Crippen molar-refractivity contribution in [2.45, 2.75) is 6.61 Å². The van der Waals surface area contributed by atoms with Crippen molar-refractivity contribution < 1.29 is 9.66 Å². The minimum atomic E-state index is -0.438. The number of nitro groups is 1. The summed E-state index contributed by atoms with van der Waals surface area (Å²) in [4.78, 5) is 18.5. The van der Waals surface area contributed by atoms with E-state index in [-0.39, 0.29) is 12.3 Å². The SMILES string of the molecule is O=[N+]([O-])c1ccc(COc2ccc(Br)c(N(Cl)c3ncccn3)c2)cc1. The van der Waals surface area contributed by atoms with Crippen LogP contribution in [-0.4, -0.2) is 14.9 Å². The van der Waals surface area contributed by atoms with Gasteiger partial charge in [0.25, 0.3) is 5.69 Å². The summed E-state index contributed by atoms with van der Waals surface area (Å²) in [5.41, 5.74) is 1.48. The maximum absolute atomic E-state index is 10.7. The minimum Gasteiger partial charge on any atom is -0.489 e. The number of ether oxygens (including phenoxy) is 1. The number of rotatable bonds is 6. The number of benzene rings is 2. The Morgan fingerprint density at radius 1 is 1.15 bits per heavy atom. The number of anilines is 2. The van der Waals surface area contributed by atoms with E-state index < -0.39 is 4.92 Å². The third-order valence-electron chi connectivity index (χ3n) is 3.41. The van der Waals surface area contributed by atoms with Crippen LogP contribution in [-0.2, 0) is 6.61 Å². The molecule has 2 aromatic carbocycles. The molecule has 0 bridgehead atoms. The van der Waals surface area contributed by atoms with Gasteiger partial charge in [-0.3, -0.25) is 10.1 Å². The lowest BCUT2D eigenvalue weighted by Crippen LogP contribution is -2.07. The van der Waals surface area contributed by atoms with E-state index in [2.05, 4.69) is 25.9 Å². The second kappa shape index (κ2) is 8.11. The summed E-state index contributed by atoms with van der Waals surface area (Å²) in [6.45, 7) is 0.267. The van der Waals surface area contributed by atoms with E-state index in [0.717, 1.165) is 10.0 Å². The van der Waals surface area contributed by atoms with Crippen LogP contribution in [0.5, 0.6) is 5.75 Å². The summed E-state index contributed by atoms with van der Waals surface area (Å²) < 4.78 is 7.83. The first-order valence-electron chi connectivity index (χ1n) is 7.43. The van der Waals surface area contributed by atoms with Gasteiger partial charge < -0.3 is 4.74 Å². The van der Waals surface area contributed by atoms with Crippen LogP contribution in [0.25, 0.3) is 0 Å². The second-order valence-electron chi connectivity index (χ2n) is 5.16. The van der Waals surface area contributed by atoms with Gasteiger partial charge in [0, 0.05) is 46.8 Å². The van der Waals surface area contributed by atoms with Crippen molar-refractivity contribution >= 4 is 45.0 Å². The Labute approximate surface area is 162 Å². The van der Waals surface area contributed by atoms with Gasteiger partial charge in [0.2, 0.25) is 5.95 Å². The zero-order chi connectivity index (χ0) is 18.5. The summed E-state index contributed by atoms with van der Waals surface area (Å²) in [6, 6.07) is 13.2. The molecule has 0 atom stereocenters. The highest BCUT2D eigenvalue weighted by molar-refractivity contribution is 9.10. The molecule has 0 saturated heterocycles. The van der Waals surface area contributed by atoms with Crippen molar-refractivity contribution in [3.63, 3.8) is 0 Å². The summed E-state index contributed by atoms with van der Waals surface area (Å²) in [5, 5.41) is 10.7. The fourth-order valence-corrected chi connectivity index (χ4v) is 2.87. The number of aromatic nitrogens is 2. The third kappa shape index (κ3) is 4.27. The highest BCUT2D eigenvalue weighted by Crippen LogP contribution is 2.35. The molecule has 0 aliphatic rings. The summed E-state index contributed by atoms with van der Waals surface area (Å²) in [6.07, 6.45) is 3.20. The highest BCUT2D eigenvalue weighted by atomic mass is 79.9. The quantitative estimate of drug-likeness (QED) is 0.307. The minimum absolute atomic E-state index is 0.0420. The van der Waals surface area contributed by atoms with Gasteiger partial charge in [0.05, 0.1) is 10.6 Å². The first kappa shape index (κ1) is 18.1. The lowest BCUT2D eigenvalue weighted by molar-refractivity contribution is -0.384. The van der Waals surface area contributed by atoms with Gasteiger partial charge in [-0.15, -0.1) is 0 Å². The number of hydrogen-bond acceptors (Lipinski definition) is 6. The molecule has 1 heterocycles. The van der Waals surface area contributed by atoms with Gasteiger partial charge in [0.1, 0.15) is 12.4 Å². The number of halogens is 2. The van der Waals surface area contributed by atoms with Crippen LogP contribution < -0.4 is 9.16 Å². The molecular weight excluding hydrogens is 424 g/mol. The number of non-ortho nitro benzene ring substituents is 1. The molecule has 3 rings (SSSR count). The van der Waals surface area contributed by atoms with Crippen molar-refractivity contribution in [2.75, 3.05) is 4.42 Å². The molecule has 0 spiro atoms. The molecular formula is C17H12BrClN4O3. The Morgan fingerprint density at radius 2 is 1.85 bits per heavy atom. The summed E-state index contributed by atoms with van der Waals surface area (Å²) >= 11 is 9.78. The maximum Gasteiger partial charge on any atom is 0.269 e. The molecule has 26 heavy (non-hydrogen) atoms. The third-order valence-corrected chi connectivity index (χ3v) is 4.41. The Kier molecular flexibility index (Phi) is 5.65. The normalized spacial score (nSPS) is 10.4. The van der Waals surface area contributed by atoms with Crippen LogP contribution in [0.1, 0.15) is 5.56 Å². The van der Waals surface area contributed by atoms with Crippen LogP contribution in [0.2, 0.25) is 0 Å². The van der Waals surface area contributed by atoms with E-state index in [0.29, 0.717) is 17.4 Å². The molecule has 0 aliphatic carbocycles. The van der Waals surface area contributed by atoms with Gasteiger partial charge in [-0.05, 0) is 51.8 Å². The van der Waals surface area contributed by atoms with E-state index in [4.69, 9.17) is 16.5 Å². The molecule has 0 amide bonds. The molecule has 0 fully saturated rings. The van der Waals surface area contributed by atoms with Gasteiger partial charge in [-0.25, -0.2) is 14.4 Å². The largest absolute Gasteiger partial charge is 0.489 e. The molecule has 9 heteroatoms. The average Bonchev–Trinajstić information content (AvgIpc) is 2.68. The Hall–Kier alpha value is -2.71. The van der Waals surface area contributed by atoms with Crippen LogP contribution in [0.4, 0.5) is 17.3 Å². The van der Waals surface area contributed by atoms with Crippen molar-refractivity contribution in [1.29, 1.82) is 0 Å². The highest BCUT2D eigenvalue weighted by Gasteiger charge is 2.14. The van der Waals surface area contributed by atoms with E-state index >= 15 is 0 Å². The lowest BCUT2D eigenvalue weighted by atomic mass is 10.2.